The molecule has 0 spiro atoms. The van der Waals surface area contributed by atoms with Gasteiger partial charge in [0, 0.05) is 11.6 Å². The van der Waals surface area contributed by atoms with Crippen LogP contribution in [0.4, 0.5) is 13.2 Å². The monoisotopic (exact) mass is 367 g/mol. The van der Waals surface area contributed by atoms with E-state index in [1.807, 2.05) is 0 Å². The average Bonchev–Trinajstić information content (AvgIpc) is 2.14. The molecule has 3 nitrogen and oxygen atoms in total. The summed E-state index contributed by atoms with van der Waals surface area (Å²) in [5.74, 6) is -0.575. The smallest absolute Gasteiger partial charge is 0.405 e. The Balaban J connectivity index is 3.18. The van der Waals surface area contributed by atoms with Gasteiger partial charge in [0.05, 0.1) is 18.2 Å². The van der Waals surface area contributed by atoms with Gasteiger partial charge in [-0.25, -0.2) is 4.98 Å². The molecule has 0 atom stereocenters. The largest absolute Gasteiger partial charge is 0.573 e. The van der Waals surface area contributed by atoms with Crippen molar-refractivity contribution in [1.29, 1.82) is 0 Å². The molecule has 16 heavy (non-hydrogen) atoms. The van der Waals surface area contributed by atoms with E-state index < -0.39 is 18.7 Å². The van der Waals surface area contributed by atoms with Gasteiger partial charge in [-0.1, -0.05) is 0 Å². The lowest BCUT2D eigenvalue weighted by atomic mass is 10.2. The number of aliphatic hydroxyl groups is 1. The highest BCUT2D eigenvalue weighted by Gasteiger charge is 2.32. The molecular weight excluding hydrogens is 361 g/mol. The standard InChI is InChI=1S/C8H6ClF3INO2/c9-2-5-6(16-8(10,11)12)1-4(3-15)14-7(5)13/h1,15H,2-3H2. The van der Waals surface area contributed by atoms with Crippen molar-refractivity contribution in [3.63, 3.8) is 0 Å². The van der Waals surface area contributed by atoms with Crippen LogP contribution in [-0.2, 0) is 12.5 Å². The summed E-state index contributed by atoms with van der Waals surface area (Å²) in [6.07, 6.45) is -4.79. The third kappa shape index (κ3) is 3.63. The Labute approximate surface area is 108 Å². The van der Waals surface area contributed by atoms with Gasteiger partial charge in [-0.15, -0.1) is 24.8 Å². The minimum absolute atomic E-state index is 0.0949. The van der Waals surface area contributed by atoms with E-state index in [1.165, 1.54) is 0 Å². The van der Waals surface area contributed by atoms with E-state index in [1.54, 1.807) is 22.6 Å². The average molecular weight is 367 g/mol. The van der Waals surface area contributed by atoms with Crippen molar-refractivity contribution in [2.45, 2.75) is 18.8 Å². The van der Waals surface area contributed by atoms with Crippen LogP contribution in [0.2, 0.25) is 0 Å². The lowest BCUT2D eigenvalue weighted by Gasteiger charge is -2.13. The molecule has 0 aliphatic heterocycles. The first kappa shape index (κ1) is 13.8. The summed E-state index contributed by atoms with van der Waals surface area (Å²) in [6, 6.07) is 1.02. The zero-order chi connectivity index (χ0) is 12.3. The van der Waals surface area contributed by atoms with Crippen LogP contribution < -0.4 is 4.74 Å². The number of aliphatic hydroxyl groups excluding tert-OH is 1. The van der Waals surface area contributed by atoms with Gasteiger partial charge in [0.1, 0.15) is 9.45 Å². The number of halogens is 5. The molecule has 0 aliphatic rings. The van der Waals surface area contributed by atoms with Crippen LogP contribution in [0.5, 0.6) is 5.75 Å². The quantitative estimate of drug-likeness (QED) is 0.507. The fourth-order valence-corrected chi connectivity index (χ4v) is 2.23. The van der Waals surface area contributed by atoms with Crippen molar-refractivity contribution in [2.75, 3.05) is 0 Å². The first-order valence-electron chi connectivity index (χ1n) is 3.98. The van der Waals surface area contributed by atoms with E-state index in [0.29, 0.717) is 0 Å². The molecule has 1 aromatic heterocycles. The Bertz CT molecular complexity index is 386. The highest BCUT2D eigenvalue weighted by atomic mass is 127. The number of rotatable bonds is 3. The first-order chi connectivity index (χ1) is 7.37. The molecule has 0 saturated carbocycles. The van der Waals surface area contributed by atoms with Crippen LogP contribution in [0.3, 0.4) is 0 Å². The number of alkyl halides is 4. The highest BCUT2D eigenvalue weighted by Crippen LogP contribution is 2.30. The minimum Gasteiger partial charge on any atom is -0.405 e. The maximum atomic E-state index is 12.1. The van der Waals surface area contributed by atoms with Crippen molar-refractivity contribution in [3.05, 3.63) is 21.0 Å². The number of hydrogen-bond donors (Lipinski definition) is 1. The molecule has 0 unspecified atom stereocenters. The van der Waals surface area contributed by atoms with Crippen LogP contribution in [0.15, 0.2) is 6.07 Å². The van der Waals surface area contributed by atoms with E-state index in [-0.39, 0.29) is 20.8 Å². The van der Waals surface area contributed by atoms with Gasteiger partial charge in [0.25, 0.3) is 0 Å². The molecule has 1 N–H and O–H groups in total. The topological polar surface area (TPSA) is 42.4 Å². The van der Waals surface area contributed by atoms with Crippen molar-refractivity contribution >= 4 is 34.2 Å². The predicted octanol–water partition coefficient (Wildman–Crippen LogP) is 2.82. The van der Waals surface area contributed by atoms with Crippen LogP contribution >= 0.6 is 34.2 Å². The van der Waals surface area contributed by atoms with Crippen LogP contribution in [-0.4, -0.2) is 16.5 Å². The maximum Gasteiger partial charge on any atom is 0.573 e. The molecule has 0 amide bonds. The third-order valence-corrected chi connectivity index (χ3v) is 2.77. The Hall–Kier alpha value is -0.280. The zero-order valence-corrected chi connectivity index (χ0v) is 10.6. The molecule has 1 rings (SSSR count). The van der Waals surface area contributed by atoms with Gasteiger partial charge >= 0.3 is 6.36 Å². The summed E-state index contributed by atoms with van der Waals surface area (Å²) in [4.78, 5) is 3.86. The summed E-state index contributed by atoms with van der Waals surface area (Å²) >= 11 is 7.24. The number of pyridine rings is 1. The Morgan fingerprint density at radius 3 is 2.56 bits per heavy atom. The van der Waals surface area contributed by atoms with E-state index in [2.05, 4.69) is 9.72 Å². The summed E-state index contributed by atoms with van der Waals surface area (Å²) in [6.45, 7) is -0.465. The molecule has 0 aromatic carbocycles. The van der Waals surface area contributed by atoms with Crippen LogP contribution in [0.25, 0.3) is 0 Å². The normalized spacial score (nSPS) is 11.6. The summed E-state index contributed by atoms with van der Waals surface area (Å²) in [5.41, 5.74) is 0.245. The second kappa shape index (κ2) is 5.37. The molecule has 90 valence electrons. The van der Waals surface area contributed by atoms with Crippen LogP contribution in [0, 0.1) is 3.70 Å². The third-order valence-electron chi connectivity index (χ3n) is 1.61. The molecule has 8 heteroatoms. The first-order valence-corrected chi connectivity index (χ1v) is 5.59. The summed E-state index contributed by atoms with van der Waals surface area (Å²) < 4.78 is 40.3. The molecule has 0 fully saturated rings. The fourth-order valence-electron chi connectivity index (χ4n) is 0.984. The Kier molecular flexibility index (Phi) is 4.62. The number of nitrogens with zero attached hydrogens (tertiary/aromatic N) is 1. The summed E-state index contributed by atoms with van der Waals surface area (Å²) in [5, 5.41) is 8.81. The molecule has 0 radical (unpaired) electrons. The second-order valence-corrected chi connectivity index (χ2v) is 4.01. The number of ether oxygens (including phenoxy) is 1. The lowest BCUT2D eigenvalue weighted by Crippen LogP contribution is -2.19. The maximum absolute atomic E-state index is 12.1. The Morgan fingerprint density at radius 2 is 2.12 bits per heavy atom. The van der Waals surface area contributed by atoms with Crippen molar-refractivity contribution < 1.29 is 23.0 Å². The number of hydrogen-bond acceptors (Lipinski definition) is 3. The van der Waals surface area contributed by atoms with Crippen LogP contribution in [0.1, 0.15) is 11.3 Å². The van der Waals surface area contributed by atoms with Gasteiger partial charge in [0.2, 0.25) is 0 Å². The van der Waals surface area contributed by atoms with Gasteiger partial charge in [-0.2, -0.15) is 0 Å². The molecule has 0 bridgehead atoms. The molecule has 0 aliphatic carbocycles. The lowest BCUT2D eigenvalue weighted by molar-refractivity contribution is -0.274. The van der Waals surface area contributed by atoms with Crippen molar-refractivity contribution in [3.8, 4) is 5.75 Å². The van der Waals surface area contributed by atoms with E-state index in [0.717, 1.165) is 6.07 Å². The van der Waals surface area contributed by atoms with Gasteiger partial charge in [-0.3, -0.25) is 0 Å². The highest BCUT2D eigenvalue weighted by molar-refractivity contribution is 14.1. The predicted molar refractivity (Wildman–Crippen MR) is 59.1 cm³/mol. The van der Waals surface area contributed by atoms with E-state index >= 15 is 0 Å². The fraction of sp³-hybridized carbons (Fsp3) is 0.375. The Morgan fingerprint density at radius 1 is 1.50 bits per heavy atom. The van der Waals surface area contributed by atoms with Gasteiger partial charge in [-0.05, 0) is 22.6 Å². The van der Waals surface area contributed by atoms with E-state index in [9.17, 15) is 13.2 Å². The van der Waals surface area contributed by atoms with Gasteiger partial charge in [0.15, 0.2) is 0 Å². The zero-order valence-electron chi connectivity index (χ0n) is 7.68. The van der Waals surface area contributed by atoms with Crippen molar-refractivity contribution in [1.82, 2.24) is 4.98 Å². The molecule has 1 aromatic rings. The number of aromatic nitrogens is 1. The second-order valence-electron chi connectivity index (χ2n) is 2.72. The summed E-state index contributed by atoms with van der Waals surface area (Å²) in [7, 11) is 0. The van der Waals surface area contributed by atoms with Crippen molar-refractivity contribution in [2.24, 2.45) is 0 Å². The molecule has 0 saturated heterocycles. The SMILES string of the molecule is OCc1cc(OC(F)(F)F)c(CCl)c(I)n1. The van der Waals surface area contributed by atoms with E-state index in [4.69, 9.17) is 16.7 Å². The van der Waals surface area contributed by atoms with Gasteiger partial charge < -0.3 is 9.84 Å². The molecule has 1 heterocycles. The minimum atomic E-state index is -4.79. The molecular formula is C8H6ClF3INO2.